The summed E-state index contributed by atoms with van der Waals surface area (Å²) in [5, 5.41) is 15.4. The van der Waals surface area contributed by atoms with Crippen molar-refractivity contribution in [1.82, 2.24) is 5.32 Å². The van der Waals surface area contributed by atoms with E-state index in [1.807, 2.05) is 12.1 Å². The van der Waals surface area contributed by atoms with E-state index in [0.29, 0.717) is 17.0 Å². The van der Waals surface area contributed by atoms with Crippen LogP contribution in [0.1, 0.15) is 24.8 Å². The summed E-state index contributed by atoms with van der Waals surface area (Å²) in [5.41, 5.74) is 1.31. The molecule has 0 bridgehead atoms. The van der Waals surface area contributed by atoms with Gasteiger partial charge in [-0.2, -0.15) is 5.26 Å². The molecule has 18 heavy (non-hydrogen) atoms. The van der Waals surface area contributed by atoms with Crippen LogP contribution in [-0.2, 0) is 4.79 Å². The first-order chi connectivity index (χ1) is 8.69. The molecule has 0 saturated carbocycles. The van der Waals surface area contributed by atoms with Crippen LogP contribution in [0.3, 0.4) is 0 Å². The van der Waals surface area contributed by atoms with Gasteiger partial charge in [-0.15, -0.1) is 0 Å². The molecule has 1 amide bonds. The lowest BCUT2D eigenvalue weighted by Crippen LogP contribution is -2.26. The van der Waals surface area contributed by atoms with E-state index in [1.165, 1.54) is 0 Å². The van der Waals surface area contributed by atoms with Crippen molar-refractivity contribution in [1.29, 1.82) is 5.26 Å². The van der Waals surface area contributed by atoms with Gasteiger partial charge >= 0.3 is 0 Å². The number of carbonyl (C=O) groups is 1. The van der Waals surface area contributed by atoms with Crippen molar-refractivity contribution in [2.24, 2.45) is 0 Å². The SMILES string of the molecule is N#Cc1ccc(NC2CCCNC(=O)C2)cc1Cl. The Bertz CT molecular complexity index is 495. The Balaban J connectivity index is 2.06. The smallest absolute Gasteiger partial charge is 0.222 e. The fourth-order valence-electron chi connectivity index (χ4n) is 2.03. The minimum atomic E-state index is 0.0738. The second-order valence-corrected chi connectivity index (χ2v) is 4.75. The molecule has 1 aromatic rings. The monoisotopic (exact) mass is 263 g/mol. The molecule has 1 atom stereocenters. The van der Waals surface area contributed by atoms with E-state index in [1.54, 1.807) is 12.1 Å². The van der Waals surface area contributed by atoms with Gasteiger partial charge in [0.2, 0.25) is 5.91 Å². The molecule has 2 N–H and O–H groups in total. The predicted molar refractivity (Wildman–Crippen MR) is 70.4 cm³/mol. The highest BCUT2D eigenvalue weighted by molar-refractivity contribution is 6.32. The molecule has 0 radical (unpaired) electrons. The first-order valence-electron chi connectivity index (χ1n) is 5.92. The number of rotatable bonds is 2. The van der Waals surface area contributed by atoms with E-state index in [0.717, 1.165) is 25.1 Å². The van der Waals surface area contributed by atoms with Gasteiger partial charge in [-0.05, 0) is 31.0 Å². The number of amides is 1. The van der Waals surface area contributed by atoms with Crippen LogP contribution in [0.5, 0.6) is 0 Å². The van der Waals surface area contributed by atoms with Crippen LogP contribution in [0, 0.1) is 11.3 Å². The Kier molecular flexibility index (Phi) is 4.06. The number of hydrogen-bond donors (Lipinski definition) is 2. The number of nitriles is 1. The van der Waals surface area contributed by atoms with E-state index in [9.17, 15) is 4.79 Å². The molecule has 1 aromatic carbocycles. The lowest BCUT2D eigenvalue weighted by atomic mass is 10.1. The standard InChI is InChI=1S/C13H14ClN3O/c14-12-6-11(4-3-9(12)8-15)17-10-2-1-5-16-13(18)7-10/h3-4,6,10,17H,1-2,5,7H2,(H,16,18). The second kappa shape index (κ2) is 5.74. The minimum Gasteiger partial charge on any atom is -0.382 e. The molecule has 1 aliphatic rings. The first kappa shape index (κ1) is 12.7. The van der Waals surface area contributed by atoms with Crippen molar-refractivity contribution in [3.05, 3.63) is 28.8 Å². The van der Waals surface area contributed by atoms with Crippen LogP contribution >= 0.6 is 11.6 Å². The normalized spacial score (nSPS) is 19.6. The third-order valence-electron chi connectivity index (χ3n) is 2.94. The lowest BCUT2D eigenvalue weighted by Gasteiger charge is -2.16. The van der Waals surface area contributed by atoms with Crippen LogP contribution < -0.4 is 10.6 Å². The number of anilines is 1. The van der Waals surface area contributed by atoms with Crippen LogP contribution in [0.4, 0.5) is 5.69 Å². The third-order valence-corrected chi connectivity index (χ3v) is 3.26. The molecule has 1 unspecified atom stereocenters. The van der Waals surface area contributed by atoms with Crippen molar-refractivity contribution >= 4 is 23.2 Å². The van der Waals surface area contributed by atoms with Gasteiger partial charge in [0.05, 0.1) is 10.6 Å². The highest BCUT2D eigenvalue weighted by atomic mass is 35.5. The van der Waals surface area contributed by atoms with Crippen LogP contribution in [-0.4, -0.2) is 18.5 Å². The lowest BCUT2D eigenvalue weighted by molar-refractivity contribution is -0.120. The molecule has 1 aliphatic heterocycles. The van der Waals surface area contributed by atoms with E-state index in [2.05, 4.69) is 10.6 Å². The van der Waals surface area contributed by atoms with E-state index in [4.69, 9.17) is 16.9 Å². The van der Waals surface area contributed by atoms with E-state index < -0.39 is 0 Å². The zero-order valence-electron chi connectivity index (χ0n) is 9.87. The third kappa shape index (κ3) is 3.14. The summed E-state index contributed by atoms with van der Waals surface area (Å²) < 4.78 is 0. The fourth-order valence-corrected chi connectivity index (χ4v) is 2.25. The summed E-state index contributed by atoms with van der Waals surface area (Å²) in [4.78, 5) is 11.4. The maximum absolute atomic E-state index is 11.4. The first-order valence-corrected chi connectivity index (χ1v) is 6.29. The summed E-state index contributed by atoms with van der Waals surface area (Å²) in [7, 11) is 0. The number of hydrogen-bond acceptors (Lipinski definition) is 3. The topological polar surface area (TPSA) is 64.9 Å². The number of carbonyl (C=O) groups excluding carboxylic acids is 1. The molecule has 2 rings (SSSR count). The molecule has 94 valence electrons. The Hall–Kier alpha value is -1.73. The van der Waals surface area contributed by atoms with Gasteiger partial charge in [-0.3, -0.25) is 4.79 Å². The summed E-state index contributed by atoms with van der Waals surface area (Å²) in [6.07, 6.45) is 2.38. The summed E-state index contributed by atoms with van der Waals surface area (Å²) >= 11 is 5.97. The quantitative estimate of drug-likeness (QED) is 0.860. The Morgan fingerprint density at radius 1 is 1.50 bits per heavy atom. The average Bonchev–Trinajstić information content (AvgIpc) is 2.54. The molecule has 1 saturated heterocycles. The Labute approximate surface area is 111 Å². The van der Waals surface area contributed by atoms with Gasteiger partial charge in [-0.1, -0.05) is 11.6 Å². The number of nitrogens with zero attached hydrogens (tertiary/aromatic N) is 1. The van der Waals surface area contributed by atoms with E-state index >= 15 is 0 Å². The van der Waals surface area contributed by atoms with Gasteiger partial charge in [0, 0.05) is 24.7 Å². The Morgan fingerprint density at radius 3 is 3.06 bits per heavy atom. The predicted octanol–water partition coefficient (Wildman–Crippen LogP) is 2.29. The number of nitrogens with one attached hydrogen (secondary N) is 2. The maximum Gasteiger partial charge on any atom is 0.222 e. The van der Waals surface area contributed by atoms with Crippen molar-refractivity contribution in [3.63, 3.8) is 0 Å². The van der Waals surface area contributed by atoms with Crippen LogP contribution in [0.2, 0.25) is 5.02 Å². The second-order valence-electron chi connectivity index (χ2n) is 4.34. The molecule has 0 spiro atoms. The highest BCUT2D eigenvalue weighted by Crippen LogP contribution is 2.22. The zero-order chi connectivity index (χ0) is 13.0. The fraction of sp³-hybridized carbons (Fsp3) is 0.385. The molecule has 1 heterocycles. The van der Waals surface area contributed by atoms with Gasteiger partial charge < -0.3 is 10.6 Å². The van der Waals surface area contributed by atoms with Gasteiger partial charge in [-0.25, -0.2) is 0 Å². The van der Waals surface area contributed by atoms with Gasteiger partial charge in [0.15, 0.2) is 0 Å². The van der Waals surface area contributed by atoms with Crippen molar-refractivity contribution < 1.29 is 4.79 Å². The van der Waals surface area contributed by atoms with Crippen molar-refractivity contribution in [2.75, 3.05) is 11.9 Å². The number of halogens is 1. The number of benzene rings is 1. The maximum atomic E-state index is 11.4. The summed E-state index contributed by atoms with van der Waals surface area (Å²) in [5.74, 6) is 0.0738. The largest absolute Gasteiger partial charge is 0.382 e. The van der Waals surface area contributed by atoms with Crippen molar-refractivity contribution in [2.45, 2.75) is 25.3 Å². The molecule has 0 aromatic heterocycles. The van der Waals surface area contributed by atoms with Crippen LogP contribution in [0.25, 0.3) is 0 Å². The molecule has 5 heteroatoms. The van der Waals surface area contributed by atoms with E-state index in [-0.39, 0.29) is 11.9 Å². The molecular formula is C13H14ClN3O. The Morgan fingerprint density at radius 2 is 2.33 bits per heavy atom. The molecule has 1 fully saturated rings. The minimum absolute atomic E-state index is 0.0738. The zero-order valence-corrected chi connectivity index (χ0v) is 10.6. The summed E-state index contributed by atoms with van der Waals surface area (Å²) in [6.45, 7) is 0.741. The molecular weight excluding hydrogens is 250 g/mol. The molecule has 4 nitrogen and oxygen atoms in total. The van der Waals surface area contributed by atoms with Gasteiger partial charge in [0.25, 0.3) is 0 Å². The van der Waals surface area contributed by atoms with Crippen LogP contribution in [0.15, 0.2) is 18.2 Å². The average molecular weight is 264 g/mol. The van der Waals surface area contributed by atoms with Gasteiger partial charge in [0.1, 0.15) is 6.07 Å². The molecule has 0 aliphatic carbocycles. The highest BCUT2D eigenvalue weighted by Gasteiger charge is 2.17. The summed E-state index contributed by atoms with van der Waals surface area (Å²) in [6, 6.07) is 7.36. The van der Waals surface area contributed by atoms with Crippen molar-refractivity contribution in [3.8, 4) is 6.07 Å².